The van der Waals surface area contributed by atoms with Crippen molar-refractivity contribution in [3.63, 3.8) is 0 Å². The van der Waals surface area contributed by atoms with Gasteiger partial charge in [0.05, 0.1) is 58.3 Å². The first-order chi connectivity index (χ1) is 17.8. The monoisotopic (exact) mass is 543 g/mol. The first-order valence-electron chi connectivity index (χ1n) is 12.1. The lowest BCUT2D eigenvalue weighted by Gasteiger charge is -2.37. The Morgan fingerprint density at radius 2 is 2.05 bits per heavy atom. The van der Waals surface area contributed by atoms with Gasteiger partial charge in [-0.25, -0.2) is 22.0 Å². The Balaban J connectivity index is 1.58. The van der Waals surface area contributed by atoms with Crippen LogP contribution >= 0.6 is 0 Å². The minimum atomic E-state index is -3.27. The lowest BCUT2D eigenvalue weighted by Crippen LogP contribution is -2.43. The molecule has 1 saturated carbocycles. The second kappa shape index (κ2) is 10.6. The standard InChI is InChI=1S/C25H30FN7O4S/c1-25(2,35)23(26)14-29-24(34)19-13-28-21(22-5-4-18-8-16(10-27)11-30-33(18)22)9-20(19)32-17-6-15(7-17)12-31-38(3,36)37/h4-5,8-9,11,13,15,17,23,31,35H,6-7,12,14H2,1-3H3,(H,28,32)(H,29,34)/t15-,17-,23-/m1/s1. The summed E-state index contributed by atoms with van der Waals surface area (Å²) in [5.41, 5.74) is 1.38. The fraction of sp³-hybridized carbons (Fsp3) is 0.440. The zero-order chi connectivity index (χ0) is 27.7. The summed E-state index contributed by atoms with van der Waals surface area (Å²) in [6.45, 7) is 2.62. The lowest BCUT2D eigenvalue weighted by atomic mass is 9.80. The molecule has 0 radical (unpaired) electrons. The van der Waals surface area contributed by atoms with Crippen LogP contribution in [0.1, 0.15) is 42.6 Å². The second-order valence-electron chi connectivity index (χ2n) is 10.2. The molecule has 3 aromatic rings. The van der Waals surface area contributed by atoms with Gasteiger partial charge in [0.1, 0.15) is 12.2 Å². The summed E-state index contributed by atoms with van der Waals surface area (Å²) in [5.74, 6) is -0.391. The number of carbonyl (C=O) groups excluding carboxylic acids is 1. The molecular weight excluding hydrogens is 513 g/mol. The molecule has 1 fully saturated rings. The highest BCUT2D eigenvalue weighted by Crippen LogP contribution is 2.32. The number of alkyl halides is 1. The number of rotatable bonds is 10. The molecule has 0 saturated heterocycles. The van der Waals surface area contributed by atoms with Gasteiger partial charge in [0.15, 0.2) is 0 Å². The Hall–Kier alpha value is -3.60. The molecule has 4 N–H and O–H groups in total. The number of aromatic nitrogens is 3. The molecule has 0 aromatic carbocycles. The van der Waals surface area contributed by atoms with E-state index in [1.165, 1.54) is 26.2 Å². The van der Waals surface area contributed by atoms with Crippen LogP contribution in [0.25, 0.3) is 16.9 Å². The van der Waals surface area contributed by atoms with E-state index in [0.29, 0.717) is 47.5 Å². The molecule has 38 heavy (non-hydrogen) atoms. The third kappa shape index (κ3) is 6.45. The number of carbonyl (C=O) groups is 1. The maximum absolute atomic E-state index is 14.2. The molecular formula is C25H30FN7O4S. The Labute approximate surface area is 220 Å². The van der Waals surface area contributed by atoms with E-state index in [1.54, 1.807) is 16.6 Å². The number of nitriles is 1. The molecule has 1 amide bonds. The maximum Gasteiger partial charge on any atom is 0.255 e. The van der Waals surface area contributed by atoms with E-state index in [4.69, 9.17) is 5.26 Å². The maximum atomic E-state index is 14.2. The number of sulfonamides is 1. The van der Waals surface area contributed by atoms with E-state index >= 15 is 0 Å². The van der Waals surface area contributed by atoms with E-state index in [9.17, 15) is 22.7 Å². The lowest BCUT2D eigenvalue weighted by molar-refractivity contribution is -0.00177. The van der Waals surface area contributed by atoms with Crippen molar-refractivity contribution >= 4 is 27.1 Å². The highest BCUT2D eigenvalue weighted by atomic mass is 32.2. The van der Waals surface area contributed by atoms with Gasteiger partial charge in [-0.3, -0.25) is 9.78 Å². The molecule has 0 spiro atoms. The van der Waals surface area contributed by atoms with Crippen LogP contribution in [-0.4, -0.2) is 71.2 Å². The Morgan fingerprint density at radius 3 is 2.71 bits per heavy atom. The van der Waals surface area contributed by atoms with Crippen molar-refractivity contribution in [1.82, 2.24) is 24.6 Å². The number of nitrogens with one attached hydrogen (secondary N) is 3. The molecule has 0 unspecified atom stereocenters. The molecule has 0 aliphatic heterocycles. The predicted octanol–water partition coefficient (Wildman–Crippen LogP) is 1.85. The zero-order valence-corrected chi connectivity index (χ0v) is 22.1. The molecule has 4 rings (SSSR count). The highest BCUT2D eigenvalue weighted by Gasteiger charge is 2.31. The first-order valence-corrected chi connectivity index (χ1v) is 14.0. The minimum absolute atomic E-state index is 0.00571. The van der Waals surface area contributed by atoms with E-state index < -0.39 is 27.7 Å². The molecule has 202 valence electrons. The van der Waals surface area contributed by atoms with Gasteiger partial charge >= 0.3 is 0 Å². The Kier molecular flexibility index (Phi) is 7.68. The number of fused-ring (bicyclic) bond motifs is 1. The Morgan fingerprint density at radius 1 is 1.32 bits per heavy atom. The van der Waals surface area contributed by atoms with Crippen LogP contribution < -0.4 is 15.4 Å². The first kappa shape index (κ1) is 27.4. The van der Waals surface area contributed by atoms with Gasteiger partial charge in [-0.2, -0.15) is 10.4 Å². The van der Waals surface area contributed by atoms with Crippen molar-refractivity contribution in [2.45, 2.75) is 44.5 Å². The Bertz CT molecular complexity index is 1490. The fourth-order valence-electron chi connectivity index (χ4n) is 4.19. The van der Waals surface area contributed by atoms with Crippen LogP contribution in [0.3, 0.4) is 0 Å². The van der Waals surface area contributed by atoms with Crippen LogP contribution in [-0.2, 0) is 10.0 Å². The summed E-state index contributed by atoms with van der Waals surface area (Å²) in [6.07, 6.45) is 3.69. The van der Waals surface area contributed by atoms with E-state index in [2.05, 4.69) is 31.5 Å². The topological polar surface area (TPSA) is 162 Å². The van der Waals surface area contributed by atoms with Gasteiger partial charge in [0.25, 0.3) is 5.91 Å². The van der Waals surface area contributed by atoms with Crippen LogP contribution in [0.4, 0.5) is 10.1 Å². The molecule has 13 heteroatoms. The van der Waals surface area contributed by atoms with Crippen molar-refractivity contribution in [1.29, 1.82) is 5.26 Å². The summed E-state index contributed by atoms with van der Waals surface area (Å²) in [5, 5.41) is 29.2. The summed E-state index contributed by atoms with van der Waals surface area (Å²) in [4.78, 5) is 17.4. The number of amides is 1. The third-order valence-electron chi connectivity index (χ3n) is 6.48. The fourth-order valence-corrected chi connectivity index (χ4v) is 4.73. The van der Waals surface area contributed by atoms with E-state index in [0.717, 1.165) is 6.26 Å². The molecule has 3 aromatic heterocycles. The average Bonchev–Trinajstić information content (AvgIpc) is 3.25. The van der Waals surface area contributed by atoms with Crippen molar-refractivity contribution in [3.05, 3.63) is 47.8 Å². The highest BCUT2D eigenvalue weighted by molar-refractivity contribution is 7.88. The van der Waals surface area contributed by atoms with Crippen molar-refractivity contribution in [2.75, 3.05) is 24.7 Å². The van der Waals surface area contributed by atoms with Crippen LogP contribution in [0.15, 0.2) is 36.7 Å². The van der Waals surface area contributed by atoms with Gasteiger partial charge in [-0.15, -0.1) is 0 Å². The number of nitrogens with zero attached hydrogens (tertiary/aromatic N) is 4. The van der Waals surface area contributed by atoms with Crippen molar-refractivity contribution < 1.29 is 22.7 Å². The minimum Gasteiger partial charge on any atom is -0.387 e. The molecule has 3 heterocycles. The van der Waals surface area contributed by atoms with Crippen LogP contribution in [0.2, 0.25) is 0 Å². The number of anilines is 1. The molecule has 11 nitrogen and oxygen atoms in total. The summed E-state index contributed by atoms with van der Waals surface area (Å²) in [7, 11) is -3.27. The van der Waals surface area contributed by atoms with Gasteiger partial charge < -0.3 is 15.7 Å². The van der Waals surface area contributed by atoms with Crippen LogP contribution in [0.5, 0.6) is 0 Å². The number of hydrogen-bond acceptors (Lipinski definition) is 8. The molecule has 0 bridgehead atoms. The van der Waals surface area contributed by atoms with Crippen molar-refractivity contribution in [2.24, 2.45) is 5.92 Å². The third-order valence-corrected chi connectivity index (χ3v) is 7.17. The van der Waals surface area contributed by atoms with Crippen molar-refractivity contribution in [3.8, 4) is 17.5 Å². The number of aliphatic hydroxyl groups is 1. The van der Waals surface area contributed by atoms with Crippen LogP contribution in [0, 0.1) is 17.2 Å². The molecule has 1 aliphatic rings. The second-order valence-corrected chi connectivity index (χ2v) is 12.0. The van der Waals surface area contributed by atoms with Gasteiger partial charge in [0, 0.05) is 18.8 Å². The van der Waals surface area contributed by atoms with E-state index in [-0.39, 0.29) is 24.1 Å². The quantitative estimate of drug-likeness (QED) is 0.301. The largest absolute Gasteiger partial charge is 0.387 e. The summed E-state index contributed by atoms with van der Waals surface area (Å²) in [6, 6.07) is 9.08. The zero-order valence-electron chi connectivity index (χ0n) is 21.3. The van der Waals surface area contributed by atoms with Gasteiger partial charge in [0.2, 0.25) is 10.0 Å². The molecule has 1 aliphatic carbocycles. The molecule has 1 atom stereocenters. The number of halogens is 1. The normalized spacial score (nSPS) is 18.4. The summed E-state index contributed by atoms with van der Waals surface area (Å²) >= 11 is 0. The van der Waals surface area contributed by atoms with Gasteiger partial charge in [-0.1, -0.05) is 0 Å². The number of hydrogen-bond donors (Lipinski definition) is 4. The predicted molar refractivity (Wildman–Crippen MR) is 140 cm³/mol. The van der Waals surface area contributed by atoms with E-state index in [1.807, 2.05) is 12.1 Å². The summed E-state index contributed by atoms with van der Waals surface area (Å²) < 4.78 is 41.1. The SMILES string of the molecule is CC(C)(O)[C@H](F)CNC(=O)c1cnc(-c2ccc3cc(C#N)cnn23)cc1N[C@H]1C[C@H](CNS(C)(=O)=O)C1. The smallest absolute Gasteiger partial charge is 0.255 e. The average molecular weight is 544 g/mol. The van der Waals surface area contributed by atoms with Gasteiger partial charge in [-0.05, 0) is 56.9 Å². The number of pyridine rings is 1.